The number of methoxy groups -OCH3 is 1. The number of nitrogens with one attached hydrogen (secondary N) is 1. The Morgan fingerprint density at radius 3 is 2.94 bits per heavy atom. The Kier molecular flexibility index (Phi) is 3.73. The van der Waals surface area contributed by atoms with Crippen molar-refractivity contribution in [2.75, 3.05) is 7.11 Å². The quantitative estimate of drug-likeness (QED) is 0.855. The Hall–Kier alpha value is -1.33. The van der Waals surface area contributed by atoms with Crippen LogP contribution in [0.4, 0.5) is 0 Å². The molecule has 1 aromatic heterocycles. The van der Waals surface area contributed by atoms with Crippen molar-refractivity contribution in [1.82, 2.24) is 4.98 Å². The molecule has 0 saturated carbocycles. The molecule has 3 N–H and O–H groups in total. The molecular formula is C13H15BrN2O2. The number of aromatic nitrogens is 1. The van der Waals surface area contributed by atoms with Gasteiger partial charge in [0.15, 0.2) is 0 Å². The number of nitrogens with two attached hydrogens (primary N) is 1. The minimum atomic E-state index is -0.638. The van der Waals surface area contributed by atoms with Crippen LogP contribution in [0.2, 0.25) is 0 Å². The van der Waals surface area contributed by atoms with Crippen LogP contribution in [0.1, 0.15) is 11.1 Å². The van der Waals surface area contributed by atoms with E-state index >= 15 is 0 Å². The molecule has 4 nitrogen and oxygen atoms in total. The summed E-state index contributed by atoms with van der Waals surface area (Å²) in [7, 11) is 1.34. The van der Waals surface area contributed by atoms with Gasteiger partial charge in [-0.05, 0) is 40.0 Å². The standard InChI is InChI=1S/C13H15BrN2O2/c1-7-3-4-10-11(12(7)14)8(6-16-10)5-9(15)13(17)18-2/h3-4,6,9,16H,5,15H2,1-2H3. The van der Waals surface area contributed by atoms with Crippen molar-refractivity contribution < 1.29 is 9.53 Å². The van der Waals surface area contributed by atoms with Gasteiger partial charge in [-0.25, -0.2) is 0 Å². The van der Waals surface area contributed by atoms with Crippen LogP contribution in [-0.4, -0.2) is 24.1 Å². The highest BCUT2D eigenvalue weighted by Gasteiger charge is 2.17. The second-order valence-corrected chi connectivity index (χ2v) is 5.06. The SMILES string of the molecule is COC(=O)C(N)Cc1c[nH]c2ccc(C)c(Br)c12. The average Bonchev–Trinajstić information content (AvgIpc) is 2.76. The summed E-state index contributed by atoms with van der Waals surface area (Å²) in [4.78, 5) is 14.5. The molecule has 0 saturated heterocycles. The highest BCUT2D eigenvalue weighted by molar-refractivity contribution is 9.10. The van der Waals surface area contributed by atoms with Gasteiger partial charge in [-0.1, -0.05) is 6.07 Å². The summed E-state index contributed by atoms with van der Waals surface area (Å²) in [5.41, 5.74) is 8.98. The number of esters is 1. The number of carbonyl (C=O) groups excluding carboxylic acids is 1. The number of hydrogen-bond acceptors (Lipinski definition) is 3. The van der Waals surface area contributed by atoms with Crippen molar-refractivity contribution in [1.29, 1.82) is 0 Å². The molecule has 5 heteroatoms. The third-order valence-corrected chi connectivity index (χ3v) is 4.02. The van der Waals surface area contributed by atoms with Crippen LogP contribution < -0.4 is 5.73 Å². The maximum atomic E-state index is 11.4. The third kappa shape index (κ3) is 2.28. The van der Waals surface area contributed by atoms with E-state index in [2.05, 4.69) is 25.7 Å². The minimum absolute atomic E-state index is 0.395. The highest BCUT2D eigenvalue weighted by Crippen LogP contribution is 2.30. The summed E-state index contributed by atoms with van der Waals surface area (Å²) in [6.45, 7) is 2.03. The van der Waals surface area contributed by atoms with Gasteiger partial charge in [-0.15, -0.1) is 0 Å². The molecule has 18 heavy (non-hydrogen) atoms. The topological polar surface area (TPSA) is 68.1 Å². The van der Waals surface area contributed by atoms with E-state index in [0.29, 0.717) is 6.42 Å². The average molecular weight is 311 g/mol. The molecule has 0 bridgehead atoms. The van der Waals surface area contributed by atoms with E-state index in [4.69, 9.17) is 5.73 Å². The molecule has 0 aliphatic carbocycles. The molecule has 2 aromatic rings. The lowest BCUT2D eigenvalue weighted by atomic mass is 10.0. The van der Waals surface area contributed by atoms with Gasteiger partial charge in [0, 0.05) is 28.0 Å². The number of fused-ring (bicyclic) bond motifs is 1. The van der Waals surface area contributed by atoms with E-state index in [0.717, 1.165) is 26.5 Å². The van der Waals surface area contributed by atoms with Crippen molar-refractivity contribution in [3.8, 4) is 0 Å². The number of H-pyrrole nitrogens is 1. The number of rotatable bonds is 3. The first-order valence-corrected chi connectivity index (χ1v) is 6.42. The predicted octanol–water partition coefficient (Wildman–Crippen LogP) is 2.28. The van der Waals surface area contributed by atoms with E-state index in [-0.39, 0.29) is 0 Å². The second-order valence-electron chi connectivity index (χ2n) is 4.27. The smallest absolute Gasteiger partial charge is 0.322 e. The zero-order valence-electron chi connectivity index (χ0n) is 10.3. The zero-order valence-corrected chi connectivity index (χ0v) is 11.9. The van der Waals surface area contributed by atoms with Gasteiger partial charge >= 0.3 is 5.97 Å². The van der Waals surface area contributed by atoms with Gasteiger partial charge in [0.05, 0.1) is 7.11 Å². The Balaban J connectivity index is 2.40. The van der Waals surface area contributed by atoms with Gasteiger partial charge < -0.3 is 15.5 Å². The van der Waals surface area contributed by atoms with Crippen LogP contribution in [0.25, 0.3) is 10.9 Å². The molecule has 1 heterocycles. The summed E-state index contributed by atoms with van der Waals surface area (Å²) in [5.74, 6) is -0.395. The third-order valence-electron chi connectivity index (χ3n) is 3.00. The fourth-order valence-electron chi connectivity index (χ4n) is 1.98. The van der Waals surface area contributed by atoms with E-state index in [1.807, 2.05) is 25.3 Å². The maximum absolute atomic E-state index is 11.4. The van der Waals surface area contributed by atoms with E-state index in [1.165, 1.54) is 7.11 Å². The largest absolute Gasteiger partial charge is 0.468 e. The predicted molar refractivity (Wildman–Crippen MR) is 74.4 cm³/mol. The van der Waals surface area contributed by atoms with E-state index in [9.17, 15) is 4.79 Å². The summed E-state index contributed by atoms with van der Waals surface area (Å²) in [5, 5.41) is 1.08. The Morgan fingerprint density at radius 1 is 1.56 bits per heavy atom. The number of carbonyl (C=O) groups is 1. The molecule has 1 aromatic carbocycles. The molecule has 96 valence electrons. The van der Waals surface area contributed by atoms with Crippen molar-refractivity contribution in [3.05, 3.63) is 33.9 Å². The van der Waals surface area contributed by atoms with Crippen LogP contribution in [0.3, 0.4) is 0 Å². The van der Waals surface area contributed by atoms with Gasteiger partial charge in [0.2, 0.25) is 0 Å². The van der Waals surface area contributed by atoms with Crippen molar-refractivity contribution in [3.63, 3.8) is 0 Å². The number of benzene rings is 1. The maximum Gasteiger partial charge on any atom is 0.322 e. The van der Waals surface area contributed by atoms with E-state index in [1.54, 1.807) is 0 Å². The lowest BCUT2D eigenvalue weighted by Gasteiger charge is -2.09. The monoisotopic (exact) mass is 310 g/mol. The first-order chi connectivity index (χ1) is 8.54. The minimum Gasteiger partial charge on any atom is -0.468 e. The van der Waals surface area contributed by atoms with Crippen molar-refractivity contribution >= 4 is 32.8 Å². The Labute approximate surface area is 114 Å². The van der Waals surface area contributed by atoms with Crippen LogP contribution in [0.15, 0.2) is 22.8 Å². The molecule has 0 fully saturated rings. The molecule has 1 unspecified atom stereocenters. The number of aryl methyl sites for hydroxylation is 1. The second kappa shape index (κ2) is 5.12. The molecule has 0 aliphatic heterocycles. The summed E-state index contributed by atoms with van der Waals surface area (Å²) < 4.78 is 5.68. The molecule has 0 spiro atoms. The first-order valence-electron chi connectivity index (χ1n) is 5.63. The number of aromatic amines is 1. The number of halogens is 1. The van der Waals surface area contributed by atoms with Gasteiger partial charge in [0.25, 0.3) is 0 Å². The number of ether oxygens (including phenoxy) is 1. The molecule has 0 radical (unpaired) electrons. The number of hydrogen-bond donors (Lipinski definition) is 2. The van der Waals surface area contributed by atoms with Crippen molar-refractivity contribution in [2.24, 2.45) is 5.73 Å². The first kappa shape index (κ1) is 13.1. The zero-order chi connectivity index (χ0) is 13.3. The molecule has 1 atom stereocenters. The lowest BCUT2D eigenvalue weighted by molar-refractivity contribution is -0.142. The summed E-state index contributed by atoms with van der Waals surface area (Å²) >= 11 is 3.58. The Morgan fingerprint density at radius 2 is 2.28 bits per heavy atom. The van der Waals surface area contributed by atoms with Crippen LogP contribution >= 0.6 is 15.9 Å². The summed E-state index contributed by atoms with van der Waals surface area (Å²) in [6.07, 6.45) is 2.34. The van der Waals surface area contributed by atoms with E-state index < -0.39 is 12.0 Å². The summed E-state index contributed by atoms with van der Waals surface area (Å²) in [6, 6.07) is 3.41. The van der Waals surface area contributed by atoms with Gasteiger partial charge in [-0.2, -0.15) is 0 Å². The van der Waals surface area contributed by atoms with Gasteiger partial charge in [-0.3, -0.25) is 4.79 Å². The van der Waals surface area contributed by atoms with Gasteiger partial charge in [0.1, 0.15) is 6.04 Å². The van der Waals surface area contributed by atoms with Crippen LogP contribution in [-0.2, 0) is 16.0 Å². The molecule has 0 aliphatic rings. The molecule has 2 rings (SSSR count). The lowest BCUT2D eigenvalue weighted by Crippen LogP contribution is -2.33. The highest BCUT2D eigenvalue weighted by atomic mass is 79.9. The molecular weight excluding hydrogens is 296 g/mol. The Bertz CT molecular complexity index is 592. The van der Waals surface area contributed by atoms with Crippen LogP contribution in [0, 0.1) is 6.92 Å². The fraction of sp³-hybridized carbons (Fsp3) is 0.308. The normalized spacial score (nSPS) is 12.7. The van der Waals surface area contributed by atoms with Crippen molar-refractivity contribution in [2.45, 2.75) is 19.4 Å². The molecule has 0 amide bonds. The fourth-order valence-corrected chi connectivity index (χ4v) is 2.58. The van der Waals surface area contributed by atoms with Crippen LogP contribution in [0.5, 0.6) is 0 Å².